The van der Waals surface area contributed by atoms with Gasteiger partial charge in [-0.25, -0.2) is 0 Å². The average Bonchev–Trinajstić information content (AvgIpc) is 2.03. The van der Waals surface area contributed by atoms with Crippen LogP contribution in [0.25, 0.3) is 0 Å². The predicted molar refractivity (Wildman–Crippen MR) is 51.2 cm³/mol. The van der Waals surface area contributed by atoms with Gasteiger partial charge in [0.15, 0.2) is 0 Å². The molecule has 11 heavy (non-hydrogen) atoms. The summed E-state index contributed by atoms with van der Waals surface area (Å²) in [7, 11) is 0. The quantitative estimate of drug-likeness (QED) is 0.454. The summed E-state index contributed by atoms with van der Waals surface area (Å²) in [5.74, 6) is 2.21. The Hall–Kier alpha value is 0.479. The van der Waals surface area contributed by atoms with E-state index in [9.17, 15) is 0 Å². The van der Waals surface area contributed by atoms with Gasteiger partial charge in [-0.05, 0) is 0 Å². The van der Waals surface area contributed by atoms with Crippen molar-refractivity contribution in [2.24, 2.45) is 0 Å². The summed E-state index contributed by atoms with van der Waals surface area (Å²) in [4.78, 5) is 0. The van der Waals surface area contributed by atoms with E-state index in [1.165, 1.54) is 32.1 Å². The third kappa shape index (κ3) is 10.5. The number of hydrogen-bond donors (Lipinski definition) is 0. The molecule has 0 saturated heterocycles. The molecule has 0 aromatic carbocycles. The average molecular weight is 223 g/mol. The molecule has 68 valence electrons. The van der Waals surface area contributed by atoms with Crippen LogP contribution in [-0.4, -0.2) is 27.1 Å². The minimum atomic E-state index is 0.698. The SMILES string of the molecule is CCCCCCCOC[Se]C. The molecule has 0 radical (unpaired) electrons. The third-order valence-electron chi connectivity index (χ3n) is 1.59. The molecule has 2 heteroatoms. The first kappa shape index (κ1) is 11.5. The fourth-order valence-corrected chi connectivity index (χ4v) is 1.55. The molecule has 0 amide bonds. The van der Waals surface area contributed by atoms with Gasteiger partial charge in [0.25, 0.3) is 0 Å². The molecule has 0 aliphatic carbocycles. The molecule has 0 aliphatic rings. The summed E-state index contributed by atoms with van der Waals surface area (Å²) < 4.78 is 5.39. The van der Waals surface area contributed by atoms with Crippen LogP contribution in [0.2, 0.25) is 5.82 Å². The summed E-state index contributed by atoms with van der Waals surface area (Å²) in [6.07, 6.45) is 6.72. The van der Waals surface area contributed by atoms with Gasteiger partial charge in [-0.1, -0.05) is 0 Å². The summed E-state index contributed by atoms with van der Waals surface area (Å²) in [6.45, 7) is 3.23. The zero-order valence-electron chi connectivity index (χ0n) is 7.77. The Kier molecular flexibility index (Phi) is 10.9. The molecule has 1 nitrogen and oxygen atoms in total. The van der Waals surface area contributed by atoms with E-state index in [4.69, 9.17) is 4.74 Å². The van der Waals surface area contributed by atoms with Crippen molar-refractivity contribution in [3.63, 3.8) is 0 Å². The molecular formula is C9H20OSe. The van der Waals surface area contributed by atoms with Crippen molar-refractivity contribution in [2.45, 2.75) is 44.9 Å². The van der Waals surface area contributed by atoms with Crippen molar-refractivity contribution < 1.29 is 4.74 Å². The molecule has 0 aromatic rings. The van der Waals surface area contributed by atoms with Crippen LogP contribution in [0.15, 0.2) is 0 Å². The molecule has 0 aliphatic heterocycles. The van der Waals surface area contributed by atoms with Gasteiger partial charge in [0, 0.05) is 0 Å². The van der Waals surface area contributed by atoms with E-state index < -0.39 is 0 Å². The monoisotopic (exact) mass is 224 g/mol. The molecule has 0 fully saturated rings. The Morgan fingerprint density at radius 2 is 1.82 bits per heavy atom. The topological polar surface area (TPSA) is 9.23 Å². The summed E-state index contributed by atoms with van der Waals surface area (Å²) >= 11 is 0.698. The summed E-state index contributed by atoms with van der Waals surface area (Å²) in [5, 5.41) is 0. The Bertz CT molecular complexity index is 58.6. The Balaban J connectivity index is 2.69. The van der Waals surface area contributed by atoms with Gasteiger partial charge in [0.2, 0.25) is 0 Å². The molecule has 0 unspecified atom stereocenters. The summed E-state index contributed by atoms with van der Waals surface area (Å²) in [6, 6.07) is 0. The van der Waals surface area contributed by atoms with Gasteiger partial charge in [-0.2, -0.15) is 0 Å². The Morgan fingerprint density at radius 1 is 1.09 bits per heavy atom. The number of ether oxygens (including phenoxy) is 1. The third-order valence-corrected chi connectivity index (χ3v) is 2.44. The zero-order valence-corrected chi connectivity index (χ0v) is 9.48. The molecule has 0 saturated carbocycles. The van der Waals surface area contributed by atoms with Crippen LogP contribution < -0.4 is 0 Å². The minimum absolute atomic E-state index is 0.698. The molecule has 0 aromatic heterocycles. The normalized spacial score (nSPS) is 10.4. The predicted octanol–water partition coefficient (Wildman–Crippen LogP) is 2.68. The van der Waals surface area contributed by atoms with Crippen LogP contribution in [0.3, 0.4) is 0 Å². The first-order chi connectivity index (χ1) is 5.41. The molecule has 0 rings (SSSR count). The van der Waals surface area contributed by atoms with Crippen LogP contribution in [0, 0.1) is 0 Å². The maximum absolute atomic E-state index is 5.39. The van der Waals surface area contributed by atoms with Gasteiger partial charge in [0.05, 0.1) is 0 Å². The van der Waals surface area contributed by atoms with E-state index >= 15 is 0 Å². The van der Waals surface area contributed by atoms with E-state index in [1.54, 1.807) is 0 Å². The van der Waals surface area contributed by atoms with E-state index in [0.29, 0.717) is 15.0 Å². The Morgan fingerprint density at radius 3 is 2.45 bits per heavy atom. The molecule has 0 heterocycles. The second kappa shape index (κ2) is 10.5. The van der Waals surface area contributed by atoms with Gasteiger partial charge in [-0.15, -0.1) is 0 Å². The number of hydrogen-bond acceptors (Lipinski definition) is 1. The fourth-order valence-electron chi connectivity index (χ4n) is 0.950. The van der Waals surface area contributed by atoms with Gasteiger partial charge in [0.1, 0.15) is 0 Å². The Labute approximate surface area is 77.1 Å². The van der Waals surface area contributed by atoms with Crippen molar-refractivity contribution >= 4 is 15.0 Å². The fraction of sp³-hybridized carbons (Fsp3) is 1.00. The van der Waals surface area contributed by atoms with E-state index in [2.05, 4.69) is 12.7 Å². The second-order valence-corrected chi connectivity index (χ2v) is 4.43. The molecule has 0 spiro atoms. The van der Waals surface area contributed by atoms with Crippen LogP contribution in [0.4, 0.5) is 0 Å². The molecule has 0 atom stereocenters. The van der Waals surface area contributed by atoms with Crippen LogP contribution >= 0.6 is 0 Å². The number of unbranched alkanes of at least 4 members (excludes halogenated alkanes) is 4. The van der Waals surface area contributed by atoms with E-state index in [1.807, 2.05) is 0 Å². The maximum atomic E-state index is 5.39. The van der Waals surface area contributed by atoms with Gasteiger partial charge >= 0.3 is 76.7 Å². The first-order valence-electron chi connectivity index (χ1n) is 4.48. The van der Waals surface area contributed by atoms with E-state index in [0.717, 1.165) is 12.1 Å². The zero-order chi connectivity index (χ0) is 8.36. The van der Waals surface area contributed by atoms with Gasteiger partial charge < -0.3 is 0 Å². The van der Waals surface area contributed by atoms with Crippen LogP contribution in [0.5, 0.6) is 0 Å². The standard InChI is InChI=1S/C9H20OSe/c1-3-4-5-6-7-8-10-9-11-2/h3-9H2,1-2H3. The molecule has 0 bridgehead atoms. The summed E-state index contributed by atoms with van der Waals surface area (Å²) in [5.41, 5.74) is 1.00. The van der Waals surface area contributed by atoms with Crippen molar-refractivity contribution in [1.82, 2.24) is 0 Å². The van der Waals surface area contributed by atoms with Crippen molar-refractivity contribution in [2.75, 3.05) is 12.1 Å². The van der Waals surface area contributed by atoms with Crippen LogP contribution in [-0.2, 0) is 4.74 Å². The molecule has 0 N–H and O–H groups in total. The molecular weight excluding hydrogens is 203 g/mol. The van der Waals surface area contributed by atoms with Crippen molar-refractivity contribution in [3.05, 3.63) is 0 Å². The van der Waals surface area contributed by atoms with Crippen molar-refractivity contribution in [3.8, 4) is 0 Å². The first-order valence-corrected chi connectivity index (χ1v) is 7.41. The number of rotatable bonds is 8. The van der Waals surface area contributed by atoms with Gasteiger partial charge in [-0.3, -0.25) is 0 Å². The van der Waals surface area contributed by atoms with E-state index in [-0.39, 0.29) is 0 Å². The van der Waals surface area contributed by atoms with Crippen molar-refractivity contribution in [1.29, 1.82) is 0 Å². The van der Waals surface area contributed by atoms with Crippen LogP contribution in [0.1, 0.15) is 39.0 Å². The second-order valence-electron chi connectivity index (χ2n) is 2.73.